The first kappa shape index (κ1) is 14.8. The number of nitrogens with two attached hydrogens (primary N) is 1. The smallest absolute Gasteiger partial charge is 0.246 e. The maximum atomic E-state index is 11.4. The first-order valence-electron chi connectivity index (χ1n) is 4.81. The molecule has 0 unspecified atom stereocenters. The minimum absolute atomic E-state index is 0.0545. The monoisotopic (exact) mass is 339 g/mol. The van der Waals surface area contributed by atoms with Crippen LogP contribution in [0.1, 0.15) is 32.6 Å². The zero-order valence-electron chi connectivity index (χ0n) is 8.63. The van der Waals surface area contributed by atoms with Crippen LogP contribution in [0.2, 0.25) is 0 Å². The molecule has 0 aromatic heterocycles. The number of rotatable bonds is 7. The number of alkyl halides is 2. The minimum atomic E-state index is -0.586. The van der Waals surface area contributed by atoms with Crippen molar-refractivity contribution in [2.45, 2.75) is 36.3 Å². The average molecular weight is 341 g/mol. The number of amides is 1. The molecule has 2 N–H and O–H groups in total. The van der Waals surface area contributed by atoms with Crippen LogP contribution in [-0.4, -0.2) is 15.4 Å². The van der Waals surface area contributed by atoms with Crippen molar-refractivity contribution in [3.63, 3.8) is 0 Å². The summed E-state index contributed by atoms with van der Waals surface area (Å²) in [4.78, 5) is 22.4. The molecule has 0 aliphatic carbocycles. The average Bonchev–Trinajstić information content (AvgIpc) is 2.13. The van der Waals surface area contributed by atoms with E-state index in [0.29, 0.717) is 6.42 Å². The van der Waals surface area contributed by atoms with Crippen molar-refractivity contribution in [1.82, 2.24) is 0 Å². The van der Waals surface area contributed by atoms with Crippen LogP contribution >= 0.6 is 31.9 Å². The maximum absolute atomic E-state index is 11.4. The van der Waals surface area contributed by atoms with Gasteiger partial charge >= 0.3 is 0 Å². The number of hydrogen-bond acceptors (Lipinski definition) is 2. The van der Waals surface area contributed by atoms with Gasteiger partial charge in [-0.1, -0.05) is 51.6 Å². The lowest BCUT2D eigenvalue weighted by Gasteiger charge is -2.03. The van der Waals surface area contributed by atoms with Gasteiger partial charge in [0.15, 0.2) is 5.78 Å². The number of carbonyl (C=O) groups is 2. The van der Waals surface area contributed by atoms with Crippen molar-refractivity contribution >= 4 is 43.6 Å². The van der Waals surface area contributed by atoms with Crippen molar-refractivity contribution in [3.8, 4) is 0 Å². The molecule has 0 spiro atoms. The van der Waals surface area contributed by atoms with Gasteiger partial charge in [-0.05, 0) is 12.5 Å². The Balaban J connectivity index is 4.29. The third kappa shape index (κ3) is 6.84. The molecule has 0 atom stereocenters. The number of allylic oxidation sites excluding steroid dienone is 1. The van der Waals surface area contributed by atoms with Gasteiger partial charge in [-0.3, -0.25) is 9.59 Å². The predicted octanol–water partition coefficient (Wildman–Crippen LogP) is 2.66. The molecule has 0 bridgehead atoms. The molecule has 0 saturated carbocycles. The number of halogens is 2. The topological polar surface area (TPSA) is 60.2 Å². The molecule has 15 heavy (non-hydrogen) atoms. The molecular formula is C10H15Br2NO2. The fraction of sp³-hybridized carbons (Fsp3) is 0.600. The summed E-state index contributed by atoms with van der Waals surface area (Å²) in [5.41, 5.74) is 5.38. The summed E-state index contributed by atoms with van der Waals surface area (Å²) < 4.78 is -0.363. The van der Waals surface area contributed by atoms with Gasteiger partial charge in [0.25, 0.3) is 0 Å². The Hall–Kier alpha value is -0.160. The molecule has 0 radical (unpaired) electrons. The molecule has 1 amide bonds. The second-order valence-electron chi connectivity index (χ2n) is 3.19. The fourth-order valence-corrected chi connectivity index (χ4v) is 1.75. The van der Waals surface area contributed by atoms with Gasteiger partial charge < -0.3 is 5.73 Å². The van der Waals surface area contributed by atoms with Crippen molar-refractivity contribution in [3.05, 3.63) is 11.6 Å². The Bertz CT molecular complexity index is 262. The quantitative estimate of drug-likeness (QED) is 0.440. The molecule has 0 aliphatic heterocycles. The molecule has 86 valence electrons. The van der Waals surface area contributed by atoms with Crippen molar-refractivity contribution < 1.29 is 9.59 Å². The van der Waals surface area contributed by atoms with E-state index in [1.807, 2.05) is 0 Å². The lowest BCUT2D eigenvalue weighted by molar-refractivity contribution is -0.117. The number of primary amides is 1. The van der Waals surface area contributed by atoms with Crippen LogP contribution < -0.4 is 5.73 Å². The van der Waals surface area contributed by atoms with E-state index in [9.17, 15) is 9.59 Å². The summed E-state index contributed by atoms with van der Waals surface area (Å²) in [5, 5.41) is 0. The first-order valence-corrected chi connectivity index (χ1v) is 6.64. The zero-order chi connectivity index (χ0) is 11.8. The molecule has 0 saturated heterocycles. The van der Waals surface area contributed by atoms with Crippen molar-refractivity contribution in [2.75, 3.05) is 0 Å². The number of carbonyl (C=O) groups excluding carboxylic acids is 2. The second kappa shape index (κ2) is 8.05. The summed E-state index contributed by atoms with van der Waals surface area (Å²) >= 11 is 6.29. The van der Waals surface area contributed by atoms with E-state index < -0.39 is 5.91 Å². The lowest BCUT2D eigenvalue weighted by atomic mass is 10.1. The number of ketones is 1. The molecular weight excluding hydrogens is 326 g/mol. The van der Waals surface area contributed by atoms with Gasteiger partial charge in [0.05, 0.1) is 0 Å². The molecule has 0 heterocycles. The minimum Gasteiger partial charge on any atom is -0.366 e. The third-order valence-corrected chi connectivity index (χ3v) is 2.85. The Morgan fingerprint density at radius 3 is 2.33 bits per heavy atom. The molecule has 0 aromatic rings. The summed E-state index contributed by atoms with van der Waals surface area (Å²) in [7, 11) is 0. The zero-order valence-corrected chi connectivity index (χ0v) is 11.8. The van der Waals surface area contributed by atoms with Gasteiger partial charge in [0.2, 0.25) is 5.91 Å². The highest BCUT2D eigenvalue weighted by Gasteiger charge is 2.14. The van der Waals surface area contributed by atoms with E-state index >= 15 is 0 Å². The van der Waals surface area contributed by atoms with Crippen LogP contribution in [0.15, 0.2) is 11.6 Å². The van der Waals surface area contributed by atoms with Crippen LogP contribution in [0.4, 0.5) is 0 Å². The Morgan fingerprint density at radius 2 is 1.93 bits per heavy atom. The van der Waals surface area contributed by atoms with Gasteiger partial charge in [0, 0.05) is 12.0 Å². The van der Waals surface area contributed by atoms with Crippen molar-refractivity contribution in [1.29, 1.82) is 0 Å². The molecule has 0 aromatic carbocycles. The molecule has 5 heteroatoms. The van der Waals surface area contributed by atoms with Crippen LogP contribution in [0, 0.1) is 0 Å². The van der Waals surface area contributed by atoms with Crippen LogP contribution in [-0.2, 0) is 9.59 Å². The van der Waals surface area contributed by atoms with Gasteiger partial charge in [-0.25, -0.2) is 0 Å². The maximum Gasteiger partial charge on any atom is 0.246 e. The third-order valence-electron chi connectivity index (χ3n) is 1.86. The Kier molecular flexibility index (Phi) is 7.96. The van der Waals surface area contributed by atoms with E-state index in [-0.39, 0.29) is 15.1 Å². The van der Waals surface area contributed by atoms with E-state index in [2.05, 4.69) is 38.8 Å². The van der Waals surface area contributed by atoms with Gasteiger partial charge in [-0.2, -0.15) is 0 Å². The first-order chi connectivity index (χ1) is 6.99. The van der Waals surface area contributed by atoms with Gasteiger partial charge in [0.1, 0.15) is 3.74 Å². The predicted molar refractivity (Wildman–Crippen MR) is 68.1 cm³/mol. The van der Waals surface area contributed by atoms with Gasteiger partial charge in [-0.15, -0.1) is 0 Å². The highest BCUT2D eigenvalue weighted by Crippen LogP contribution is 2.18. The summed E-state index contributed by atoms with van der Waals surface area (Å²) in [6, 6.07) is 0. The van der Waals surface area contributed by atoms with E-state index in [0.717, 1.165) is 19.3 Å². The normalized spacial score (nSPS) is 11.9. The largest absolute Gasteiger partial charge is 0.366 e. The van der Waals surface area contributed by atoms with E-state index in [1.165, 1.54) is 6.08 Å². The van der Waals surface area contributed by atoms with Crippen LogP contribution in [0.25, 0.3) is 0 Å². The van der Waals surface area contributed by atoms with E-state index in [4.69, 9.17) is 5.73 Å². The fourth-order valence-electron chi connectivity index (χ4n) is 1.04. The summed E-state index contributed by atoms with van der Waals surface area (Å²) in [5.74, 6) is -0.640. The number of unbranched alkanes of at least 4 members (excludes halogenated alkanes) is 2. The van der Waals surface area contributed by atoms with E-state index in [1.54, 1.807) is 0 Å². The molecule has 3 nitrogen and oxygen atoms in total. The van der Waals surface area contributed by atoms with Crippen LogP contribution in [0.3, 0.4) is 0 Å². The molecule has 0 aliphatic rings. The highest BCUT2D eigenvalue weighted by atomic mass is 79.9. The lowest BCUT2D eigenvalue weighted by Crippen LogP contribution is -2.19. The summed E-state index contributed by atoms with van der Waals surface area (Å²) in [6.07, 6.45) is 4.73. The second-order valence-corrected chi connectivity index (χ2v) is 6.25. The van der Waals surface area contributed by atoms with Crippen LogP contribution in [0.5, 0.6) is 0 Å². The Labute approximate surface area is 107 Å². The molecule has 0 rings (SSSR count). The standard InChI is InChI=1S/C10H15Br2NO2/c1-2-3-4-5-7(14)6-8(9(11)12)10(13)15/h6,9H,2-5H2,1H3,(H2,13,15). The SMILES string of the molecule is CCCCCC(=O)C=C(C(N)=O)C(Br)Br. The Morgan fingerprint density at radius 1 is 1.33 bits per heavy atom. The van der Waals surface area contributed by atoms with Crippen molar-refractivity contribution in [2.24, 2.45) is 5.73 Å². The highest BCUT2D eigenvalue weighted by molar-refractivity contribution is 9.24. The number of hydrogen-bond donors (Lipinski definition) is 1. The molecule has 0 fully saturated rings. The summed E-state index contributed by atoms with van der Waals surface area (Å²) in [6.45, 7) is 2.07.